The van der Waals surface area contributed by atoms with E-state index in [4.69, 9.17) is 5.11 Å². The summed E-state index contributed by atoms with van der Waals surface area (Å²) in [6.45, 7) is 6.27. The van der Waals surface area contributed by atoms with Crippen LogP contribution in [-0.2, 0) is 12.2 Å². The Kier molecular flexibility index (Phi) is 5.28. The summed E-state index contributed by atoms with van der Waals surface area (Å²) in [6, 6.07) is 0. The second kappa shape index (κ2) is 6.25. The van der Waals surface area contributed by atoms with Crippen LogP contribution in [0.2, 0.25) is 0 Å². The van der Waals surface area contributed by atoms with E-state index in [-0.39, 0.29) is 0 Å². The smallest absolute Gasteiger partial charge is 0.347 e. The highest BCUT2D eigenvalue weighted by Gasteiger charge is 2.16. The standard InChI is InChI=1S/C11H17NO2S2/c1-4-7(3)15-6-9-12-8(5-2)10(16-9)11(13)14/h7H,4-6H2,1-3H3,(H,13,14). The van der Waals surface area contributed by atoms with Gasteiger partial charge in [0.05, 0.1) is 5.69 Å². The molecule has 3 nitrogen and oxygen atoms in total. The SMILES string of the molecule is CCc1nc(CSC(C)CC)sc1C(=O)O. The van der Waals surface area contributed by atoms with Crippen LogP contribution in [0, 0.1) is 0 Å². The van der Waals surface area contributed by atoms with Crippen molar-refractivity contribution in [3.05, 3.63) is 15.6 Å². The van der Waals surface area contributed by atoms with Gasteiger partial charge in [-0.05, 0) is 12.8 Å². The number of carboxylic acid groups (broad SMARTS) is 1. The average Bonchev–Trinajstić information content (AvgIpc) is 2.69. The largest absolute Gasteiger partial charge is 0.477 e. The van der Waals surface area contributed by atoms with Crippen molar-refractivity contribution in [1.29, 1.82) is 0 Å². The number of rotatable bonds is 6. The van der Waals surface area contributed by atoms with Gasteiger partial charge < -0.3 is 5.11 Å². The molecular weight excluding hydrogens is 242 g/mol. The Morgan fingerprint density at radius 3 is 2.69 bits per heavy atom. The molecule has 1 rings (SSSR count). The molecule has 90 valence electrons. The summed E-state index contributed by atoms with van der Waals surface area (Å²) < 4.78 is 0. The molecule has 0 saturated heterocycles. The van der Waals surface area contributed by atoms with E-state index in [2.05, 4.69) is 18.8 Å². The van der Waals surface area contributed by atoms with Gasteiger partial charge in [-0.3, -0.25) is 0 Å². The third-order valence-electron chi connectivity index (χ3n) is 2.34. The Morgan fingerprint density at radius 1 is 1.56 bits per heavy atom. The highest BCUT2D eigenvalue weighted by atomic mass is 32.2. The number of aryl methyl sites for hydroxylation is 1. The normalized spacial score (nSPS) is 12.7. The first-order valence-electron chi connectivity index (χ1n) is 5.41. The lowest BCUT2D eigenvalue weighted by molar-refractivity contribution is 0.0701. The topological polar surface area (TPSA) is 50.2 Å². The number of hydrogen-bond donors (Lipinski definition) is 1. The van der Waals surface area contributed by atoms with E-state index in [0.29, 0.717) is 16.5 Å². The van der Waals surface area contributed by atoms with E-state index in [1.54, 1.807) is 0 Å². The van der Waals surface area contributed by atoms with Crippen molar-refractivity contribution >= 4 is 29.1 Å². The van der Waals surface area contributed by atoms with Crippen LogP contribution in [-0.4, -0.2) is 21.3 Å². The van der Waals surface area contributed by atoms with Crippen molar-refractivity contribution in [2.24, 2.45) is 0 Å². The summed E-state index contributed by atoms with van der Waals surface area (Å²) in [5, 5.41) is 10.5. The lowest BCUT2D eigenvalue weighted by Gasteiger charge is -2.04. The van der Waals surface area contributed by atoms with Crippen LogP contribution in [0.1, 0.15) is 47.6 Å². The Labute approximate surface area is 104 Å². The fraction of sp³-hybridized carbons (Fsp3) is 0.636. The number of carbonyl (C=O) groups is 1. The minimum absolute atomic E-state index is 0.405. The first kappa shape index (κ1) is 13.5. The van der Waals surface area contributed by atoms with Gasteiger partial charge in [0.2, 0.25) is 0 Å². The molecule has 1 heterocycles. The van der Waals surface area contributed by atoms with Crippen LogP contribution in [0.3, 0.4) is 0 Å². The van der Waals surface area contributed by atoms with Gasteiger partial charge in [-0.15, -0.1) is 11.3 Å². The summed E-state index contributed by atoms with van der Waals surface area (Å²) >= 11 is 3.14. The third-order valence-corrected chi connectivity index (χ3v) is 4.95. The Hall–Kier alpha value is -0.550. The third kappa shape index (κ3) is 3.49. The van der Waals surface area contributed by atoms with Gasteiger partial charge in [-0.2, -0.15) is 11.8 Å². The van der Waals surface area contributed by atoms with Crippen LogP contribution >= 0.6 is 23.1 Å². The van der Waals surface area contributed by atoms with E-state index in [0.717, 1.165) is 22.9 Å². The molecule has 1 atom stereocenters. The number of aromatic nitrogens is 1. The van der Waals surface area contributed by atoms with Gasteiger partial charge in [0.1, 0.15) is 9.88 Å². The molecule has 0 fully saturated rings. The molecule has 0 amide bonds. The Balaban J connectivity index is 2.71. The molecule has 0 aliphatic heterocycles. The van der Waals surface area contributed by atoms with Crippen molar-refractivity contribution in [3.8, 4) is 0 Å². The molecule has 0 spiro atoms. The highest BCUT2D eigenvalue weighted by Crippen LogP contribution is 2.25. The van der Waals surface area contributed by atoms with Crippen LogP contribution in [0.25, 0.3) is 0 Å². The molecule has 0 bridgehead atoms. The number of hydrogen-bond acceptors (Lipinski definition) is 4. The van der Waals surface area contributed by atoms with Gasteiger partial charge in [-0.1, -0.05) is 20.8 Å². The number of aromatic carboxylic acids is 1. The molecule has 0 aliphatic carbocycles. The van der Waals surface area contributed by atoms with E-state index >= 15 is 0 Å². The van der Waals surface area contributed by atoms with Gasteiger partial charge in [0.15, 0.2) is 0 Å². The predicted octanol–water partition coefficient (Wildman–Crippen LogP) is 3.44. The first-order valence-corrected chi connectivity index (χ1v) is 7.28. The van der Waals surface area contributed by atoms with Gasteiger partial charge in [-0.25, -0.2) is 9.78 Å². The van der Waals surface area contributed by atoms with E-state index in [9.17, 15) is 4.79 Å². The minimum atomic E-state index is -0.853. The van der Waals surface area contributed by atoms with Crippen molar-refractivity contribution in [2.75, 3.05) is 0 Å². The summed E-state index contributed by atoms with van der Waals surface area (Å²) in [6.07, 6.45) is 1.81. The molecule has 0 aromatic carbocycles. The number of nitrogens with zero attached hydrogens (tertiary/aromatic N) is 1. The van der Waals surface area contributed by atoms with Gasteiger partial charge in [0.25, 0.3) is 0 Å². The highest BCUT2D eigenvalue weighted by molar-refractivity contribution is 7.99. The molecule has 0 radical (unpaired) electrons. The van der Waals surface area contributed by atoms with Crippen LogP contribution < -0.4 is 0 Å². The van der Waals surface area contributed by atoms with Crippen molar-refractivity contribution in [1.82, 2.24) is 4.98 Å². The quantitative estimate of drug-likeness (QED) is 0.850. The van der Waals surface area contributed by atoms with Crippen LogP contribution in [0.5, 0.6) is 0 Å². The van der Waals surface area contributed by atoms with E-state index in [1.807, 2.05) is 18.7 Å². The van der Waals surface area contributed by atoms with Gasteiger partial charge >= 0.3 is 5.97 Å². The molecule has 0 saturated carbocycles. The van der Waals surface area contributed by atoms with Crippen molar-refractivity contribution < 1.29 is 9.90 Å². The maximum absolute atomic E-state index is 11.0. The fourth-order valence-electron chi connectivity index (χ4n) is 1.20. The molecular formula is C11H17NO2S2. The molecule has 1 unspecified atom stereocenters. The molecule has 0 aliphatic rings. The zero-order valence-electron chi connectivity index (χ0n) is 9.82. The van der Waals surface area contributed by atoms with Crippen LogP contribution in [0.15, 0.2) is 0 Å². The summed E-state index contributed by atoms with van der Waals surface area (Å²) in [7, 11) is 0. The predicted molar refractivity (Wildman–Crippen MR) is 69.5 cm³/mol. The number of thioether (sulfide) groups is 1. The summed E-state index contributed by atoms with van der Waals surface area (Å²) in [5.41, 5.74) is 0.720. The second-order valence-electron chi connectivity index (χ2n) is 3.57. The Morgan fingerprint density at radius 2 is 2.25 bits per heavy atom. The second-order valence-corrected chi connectivity index (χ2v) is 6.08. The molecule has 1 aromatic heterocycles. The summed E-state index contributed by atoms with van der Waals surface area (Å²) in [4.78, 5) is 15.7. The monoisotopic (exact) mass is 259 g/mol. The zero-order valence-corrected chi connectivity index (χ0v) is 11.5. The average molecular weight is 259 g/mol. The Bertz CT molecular complexity index is 363. The van der Waals surface area contributed by atoms with E-state index < -0.39 is 5.97 Å². The van der Waals surface area contributed by atoms with Crippen molar-refractivity contribution in [3.63, 3.8) is 0 Å². The number of carboxylic acids is 1. The van der Waals surface area contributed by atoms with E-state index in [1.165, 1.54) is 11.3 Å². The molecule has 5 heteroatoms. The molecule has 1 aromatic rings. The summed E-state index contributed by atoms with van der Waals surface area (Å²) in [5.74, 6) is -0.0333. The lowest BCUT2D eigenvalue weighted by atomic mass is 10.3. The zero-order chi connectivity index (χ0) is 12.1. The van der Waals surface area contributed by atoms with Crippen LogP contribution in [0.4, 0.5) is 0 Å². The molecule has 16 heavy (non-hydrogen) atoms. The minimum Gasteiger partial charge on any atom is -0.477 e. The maximum atomic E-state index is 11.0. The maximum Gasteiger partial charge on any atom is 0.347 e. The van der Waals surface area contributed by atoms with Gasteiger partial charge in [0, 0.05) is 11.0 Å². The fourth-order valence-corrected chi connectivity index (χ4v) is 3.15. The molecule has 1 N–H and O–H groups in total. The first-order chi connectivity index (χ1) is 7.58. The van der Waals surface area contributed by atoms with Crippen molar-refractivity contribution in [2.45, 2.75) is 44.6 Å². The lowest BCUT2D eigenvalue weighted by Crippen LogP contribution is -1.97. The number of thiazole rings is 1.